The average molecular weight is 822 g/mol. The van der Waals surface area contributed by atoms with E-state index in [9.17, 15) is 9.59 Å². The van der Waals surface area contributed by atoms with E-state index in [4.69, 9.17) is 33.4 Å². The number of amides is 2. The van der Waals surface area contributed by atoms with Crippen molar-refractivity contribution in [1.29, 1.82) is 0 Å². The van der Waals surface area contributed by atoms with Gasteiger partial charge in [-0.15, -0.1) is 0 Å². The number of nitrogens with zero attached hydrogens (tertiary/aromatic N) is 3. The first-order valence-corrected chi connectivity index (χ1v) is 20.7. The van der Waals surface area contributed by atoms with Crippen LogP contribution in [-0.2, 0) is 35.5 Å². The highest BCUT2D eigenvalue weighted by molar-refractivity contribution is 6.15. The van der Waals surface area contributed by atoms with E-state index in [0.29, 0.717) is 58.5 Å². The van der Waals surface area contributed by atoms with Gasteiger partial charge in [0, 0.05) is 62.0 Å². The Hall–Kier alpha value is -6.57. The Morgan fingerprint density at radius 2 is 1.41 bits per heavy atom. The molecule has 5 aromatic rings. The predicted octanol–water partition coefficient (Wildman–Crippen LogP) is 7.71. The summed E-state index contributed by atoms with van der Waals surface area (Å²) in [6, 6.07) is 29.2. The van der Waals surface area contributed by atoms with E-state index >= 15 is 0 Å². The summed E-state index contributed by atoms with van der Waals surface area (Å²) in [5.74, 6) is 1.71. The standard InChI is InChI=1S/C48H47N5O8/c1-56-42-20-35-37(50-24-33-18-30-9-4-6-11-39(30)52(33)46(35)54)22-44(42)59-26-28-15-29(17-32(16-28)49-14-8-13-41-48(58-3)61-41)27-60-45-23-38-36(21-43(45)57-2)47(55)53-34(25-51-38)19-31-10-5-7-12-40(31)53/h4-7,9-12,15-17,20-24,33-34,41,48-49,51H,8,13-14,18-19,25-27H2,1-3H3/t33-,34-,41?,48?/m0/s1. The normalized spacial score (nSPS) is 20.2. The number of carbonyl (C=O) groups is 2. The molecule has 61 heavy (non-hydrogen) atoms. The van der Waals surface area contributed by atoms with Crippen molar-refractivity contribution in [2.75, 3.05) is 54.9 Å². The molecule has 5 aliphatic heterocycles. The minimum absolute atomic E-state index is 0.0126. The third-order valence-electron chi connectivity index (χ3n) is 12.1. The fraction of sp³-hybridized carbons (Fsp3) is 0.312. The summed E-state index contributed by atoms with van der Waals surface area (Å²) in [4.78, 5) is 36.5. The zero-order valence-electron chi connectivity index (χ0n) is 34.3. The number of aliphatic imine (C=N–C) groups is 1. The van der Waals surface area contributed by atoms with Gasteiger partial charge < -0.3 is 44.0 Å². The number of rotatable bonds is 14. The molecule has 13 nitrogen and oxygen atoms in total. The number of nitrogens with one attached hydrogen (secondary N) is 2. The molecule has 0 saturated carbocycles. The number of fused-ring (bicyclic) bond motifs is 8. The number of epoxide rings is 1. The monoisotopic (exact) mass is 821 g/mol. The molecule has 2 N–H and O–H groups in total. The molecule has 0 aliphatic carbocycles. The number of carbonyl (C=O) groups excluding carboxylic acids is 2. The maximum Gasteiger partial charge on any atom is 0.261 e. The van der Waals surface area contributed by atoms with E-state index in [1.165, 1.54) is 5.56 Å². The molecule has 1 fully saturated rings. The first-order chi connectivity index (χ1) is 29.9. The first-order valence-electron chi connectivity index (χ1n) is 20.7. The lowest BCUT2D eigenvalue weighted by atomic mass is 10.1. The molecule has 5 aromatic carbocycles. The Morgan fingerprint density at radius 3 is 2.11 bits per heavy atom. The fourth-order valence-electron chi connectivity index (χ4n) is 9.03. The van der Waals surface area contributed by atoms with Gasteiger partial charge in [-0.25, -0.2) is 0 Å². The van der Waals surface area contributed by atoms with Gasteiger partial charge in [0.25, 0.3) is 11.8 Å². The van der Waals surface area contributed by atoms with Gasteiger partial charge in [0.15, 0.2) is 29.3 Å². The van der Waals surface area contributed by atoms with E-state index in [1.807, 2.05) is 64.5 Å². The van der Waals surface area contributed by atoms with Crippen LogP contribution in [0.25, 0.3) is 0 Å². The Bertz CT molecular complexity index is 2560. The molecule has 0 bridgehead atoms. The Balaban J connectivity index is 0.886. The summed E-state index contributed by atoms with van der Waals surface area (Å²) in [7, 11) is 4.81. The maximum atomic E-state index is 14.0. The van der Waals surface area contributed by atoms with Gasteiger partial charge in [-0.3, -0.25) is 19.5 Å². The average Bonchev–Trinajstić information content (AvgIpc) is 3.87. The van der Waals surface area contributed by atoms with Crippen LogP contribution in [0.5, 0.6) is 23.0 Å². The molecule has 13 heteroatoms. The van der Waals surface area contributed by atoms with Crippen LogP contribution < -0.4 is 39.4 Å². The summed E-state index contributed by atoms with van der Waals surface area (Å²) < 4.78 is 35.4. The summed E-state index contributed by atoms with van der Waals surface area (Å²) in [6.07, 6.45) is 5.16. The highest BCUT2D eigenvalue weighted by atomic mass is 16.8. The van der Waals surface area contributed by atoms with Crippen LogP contribution in [0.15, 0.2) is 96.0 Å². The van der Waals surface area contributed by atoms with E-state index in [0.717, 1.165) is 59.6 Å². The fourth-order valence-corrected chi connectivity index (χ4v) is 9.03. The largest absolute Gasteiger partial charge is 0.493 e. The van der Waals surface area contributed by atoms with Crippen LogP contribution in [0, 0.1) is 0 Å². The summed E-state index contributed by atoms with van der Waals surface area (Å²) in [6.45, 7) is 1.77. The van der Waals surface area contributed by atoms with Gasteiger partial charge in [-0.05, 0) is 84.0 Å². The quantitative estimate of drug-likeness (QED) is 0.0848. The van der Waals surface area contributed by atoms with Crippen molar-refractivity contribution in [2.24, 2.45) is 4.99 Å². The van der Waals surface area contributed by atoms with E-state index in [2.05, 4.69) is 34.9 Å². The number of benzene rings is 5. The molecular formula is C48H47N5O8. The number of ether oxygens (including phenoxy) is 6. The van der Waals surface area contributed by atoms with Crippen LogP contribution in [0.1, 0.15) is 55.8 Å². The molecule has 312 valence electrons. The molecule has 0 spiro atoms. The molecule has 0 aromatic heterocycles. The van der Waals surface area contributed by atoms with E-state index in [-0.39, 0.29) is 49.5 Å². The van der Waals surface area contributed by atoms with Crippen molar-refractivity contribution in [1.82, 2.24) is 0 Å². The number of anilines is 4. The summed E-state index contributed by atoms with van der Waals surface area (Å²) in [5.41, 5.74) is 9.09. The van der Waals surface area contributed by atoms with Crippen LogP contribution in [0.3, 0.4) is 0 Å². The molecule has 2 unspecified atom stereocenters. The number of para-hydroxylation sites is 2. The highest BCUT2D eigenvalue weighted by Gasteiger charge is 2.40. The number of hydrogen-bond acceptors (Lipinski definition) is 11. The summed E-state index contributed by atoms with van der Waals surface area (Å²) >= 11 is 0. The molecule has 4 atom stereocenters. The van der Waals surface area contributed by atoms with Gasteiger partial charge in [0.05, 0.1) is 48.8 Å². The predicted molar refractivity (Wildman–Crippen MR) is 233 cm³/mol. The van der Waals surface area contributed by atoms with E-state index < -0.39 is 0 Å². The van der Waals surface area contributed by atoms with Crippen molar-refractivity contribution >= 4 is 46.5 Å². The highest BCUT2D eigenvalue weighted by Crippen LogP contribution is 2.43. The maximum absolute atomic E-state index is 14.0. The third kappa shape index (κ3) is 7.37. The van der Waals surface area contributed by atoms with Gasteiger partial charge in [0.2, 0.25) is 0 Å². The molecule has 5 aliphatic rings. The molecule has 0 radical (unpaired) electrons. The smallest absolute Gasteiger partial charge is 0.261 e. The minimum atomic E-state index is -0.165. The van der Waals surface area contributed by atoms with Gasteiger partial charge in [-0.2, -0.15) is 0 Å². The SMILES string of the molecule is COc1cc2c(cc1OCc1cc(COc3cc4c(cc3OC)C(=O)N3c5ccccc5C[C@H]3CN4)cc(NCCCC3OC3OC)c1)N=C[C@@H]1Cc3ccccc3N1C2=O. The molecule has 1 saturated heterocycles. The van der Waals surface area contributed by atoms with Gasteiger partial charge in [-0.1, -0.05) is 36.4 Å². The lowest BCUT2D eigenvalue weighted by Gasteiger charge is -2.22. The number of methoxy groups -OCH3 is 3. The summed E-state index contributed by atoms with van der Waals surface area (Å²) in [5, 5.41) is 7.09. The van der Waals surface area contributed by atoms with Crippen LogP contribution in [0.4, 0.5) is 28.4 Å². The van der Waals surface area contributed by atoms with Crippen molar-refractivity contribution < 1.29 is 38.0 Å². The number of hydrogen-bond donors (Lipinski definition) is 2. The van der Waals surface area contributed by atoms with Crippen molar-refractivity contribution in [3.8, 4) is 23.0 Å². The van der Waals surface area contributed by atoms with E-state index in [1.54, 1.807) is 39.5 Å². The second-order valence-electron chi connectivity index (χ2n) is 15.9. The molecule has 2 amide bonds. The molecule has 5 heterocycles. The zero-order valence-corrected chi connectivity index (χ0v) is 34.3. The van der Waals surface area contributed by atoms with Gasteiger partial charge >= 0.3 is 0 Å². The van der Waals surface area contributed by atoms with Crippen LogP contribution >= 0.6 is 0 Å². The lowest BCUT2D eigenvalue weighted by Crippen LogP contribution is -2.39. The van der Waals surface area contributed by atoms with Crippen molar-refractivity contribution in [3.05, 3.63) is 124 Å². The molecule has 10 rings (SSSR count). The Labute approximate surface area is 354 Å². The second-order valence-corrected chi connectivity index (χ2v) is 15.9. The third-order valence-corrected chi connectivity index (χ3v) is 12.1. The topological polar surface area (TPSA) is 136 Å². The Kier molecular flexibility index (Phi) is 10.2. The van der Waals surface area contributed by atoms with Crippen molar-refractivity contribution in [2.45, 2.75) is 63.4 Å². The Morgan fingerprint density at radius 1 is 0.754 bits per heavy atom. The van der Waals surface area contributed by atoms with Crippen LogP contribution in [0.2, 0.25) is 0 Å². The first kappa shape index (κ1) is 38.6. The van der Waals surface area contributed by atoms with Gasteiger partial charge in [0.1, 0.15) is 19.3 Å². The zero-order chi connectivity index (χ0) is 41.6. The lowest BCUT2D eigenvalue weighted by molar-refractivity contribution is 0.0949. The minimum Gasteiger partial charge on any atom is -0.493 e. The molecular weight excluding hydrogens is 775 g/mol. The second kappa shape index (κ2) is 16.1. The van der Waals surface area contributed by atoms with Crippen molar-refractivity contribution in [3.63, 3.8) is 0 Å². The van der Waals surface area contributed by atoms with Crippen LogP contribution in [-0.4, -0.2) is 76.9 Å².